The van der Waals surface area contributed by atoms with Gasteiger partial charge in [0.1, 0.15) is 5.57 Å². The fraction of sp³-hybridized carbons (Fsp3) is 0.533. The molecule has 0 bridgehead atoms. The van der Waals surface area contributed by atoms with Gasteiger partial charge < -0.3 is 15.0 Å². The Kier molecular flexibility index (Phi) is 4.44. The summed E-state index contributed by atoms with van der Waals surface area (Å²) in [5.74, 6) is -0.698. The van der Waals surface area contributed by atoms with Crippen LogP contribution in [0.25, 0.3) is 0 Å². The van der Waals surface area contributed by atoms with Crippen LogP contribution >= 0.6 is 0 Å². The summed E-state index contributed by atoms with van der Waals surface area (Å²) in [6.07, 6.45) is 6.90. The highest BCUT2D eigenvalue weighted by Gasteiger charge is 2.32. The van der Waals surface area contributed by atoms with Crippen LogP contribution in [0.4, 0.5) is 0 Å². The molecule has 1 N–H and O–H groups in total. The average Bonchev–Trinajstić information content (AvgIpc) is 3.36. The first-order chi connectivity index (χ1) is 11.4. The minimum atomic E-state index is -3.58. The van der Waals surface area contributed by atoms with E-state index in [4.69, 9.17) is 4.74 Å². The van der Waals surface area contributed by atoms with Crippen LogP contribution in [0.1, 0.15) is 19.8 Å². The Bertz CT molecular complexity index is 749. The molecule has 2 aliphatic heterocycles. The third-order valence-corrected chi connectivity index (χ3v) is 5.28. The van der Waals surface area contributed by atoms with E-state index in [1.165, 1.54) is 6.08 Å². The molecule has 1 amide bonds. The van der Waals surface area contributed by atoms with Gasteiger partial charge in [0.2, 0.25) is 0 Å². The van der Waals surface area contributed by atoms with Gasteiger partial charge in [-0.3, -0.25) is 4.79 Å². The SMILES string of the molecule is C[C@H](NC(=O)COC(=O)C1=CC=CN2CCS(=O)(=O)N=C12)C1CC1. The number of amides is 1. The smallest absolute Gasteiger partial charge is 0.342 e. The standard InChI is InChI=1S/C15H19N3O5S/c1-10(11-4-5-11)16-13(19)9-23-15(20)12-3-2-6-18-7-8-24(21,22)17-14(12)18/h2-3,6,10-11H,4-5,7-9H2,1H3,(H,16,19)/t10-/m0/s1. The number of sulfonamides is 1. The first-order valence-electron chi connectivity index (χ1n) is 7.80. The first kappa shape index (κ1) is 16.7. The van der Waals surface area contributed by atoms with Crippen LogP contribution in [0.2, 0.25) is 0 Å². The Morgan fingerprint density at radius 1 is 1.46 bits per heavy atom. The van der Waals surface area contributed by atoms with Crippen molar-refractivity contribution in [1.82, 2.24) is 10.2 Å². The molecular formula is C15H19N3O5S. The molecule has 3 rings (SSSR count). The van der Waals surface area contributed by atoms with E-state index >= 15 is 0 Å². The van der Waals surface area contributed by atoms with Gasteiger partial charge in [0.05, 0.1) is 5.75 Å². The Morgan fingerprint density at radius 2 is 2.21 bits per heavy atom. The molecule has 0 spiro atoms. The number of rotatable bonds is 5. The minimum absolute atomic E-state index is 0.0313. The van der Waals surface area contributed by atoms with Crippen LogP contribution in [0, 0.1) is 5.92 Å². The summed E-state index contributed by atoms with van der Waals surface area (Å²) in [6, 6.07) is 0.0661. The number of esters is 1. The monoisotopic (exact) mass is 353 g/mol. The zero-order valence-corrected chi connectivity index (χ0v) is 14.1. The van der Waals surface area contributed by atoms with Gasteiger partial charge in [-0.05, 0) is 37.8 Å². The fourth-order valence-corrected chi connectivity index (χ4v) is 3.58. The molecular weight excluding hydrogens is 334 g/mol. The molecule has 0 saturated heterocycles. The summed E-state index contributed by atoms with van der Waals surface area (Å²) in [7, 11) is -3.58. The summed E-state index contributed by atoms with van der Waals surface area (Å²) in [4.78, 5) is 25.6. The molecule has 130 valence electrons. The molecule has 0 aromatic carbocycles. The molecule has 1 saturated carbocycles. The molecule has 9 heteroatoms. The lowest BCUT2D eigenvalue weighted by atomic mass is 10.1. The number of nitrogens with zero attached hydrogens (tertiary/aromatic N) is 2. The molecule has 1 fully saturated rings. The minimum Gasteiger partial charge on any atom is -0.452 e. The molecule has 0 aromatic heterocycles. The maximum absolute atomic E-state index is 12.2. The van der Waals surface area contributed by atoms with Crippen LogP contribution in [-0.4, -0.2) is 56.0 Å². The molecule has 0 radical (unpaired) electrons. The van der Waals surface area contributed by atoms with E-state index in [9.17, 15) is 18.0 Å². The van der Waals surface area contributed by atoms with E-state index in [-0.39, 0.29) is 35.7 Å². The molecule has 24 heavy (non-hydrogen) atoms. The van der Waals surface area contributed by atoms with Crippen molar-refractivity contribution in [2.24, 2.45) is 10.3 Å². The van der Waals surface area contributed by atoms with Gasteiger partial charge in [0, 0.05) is 18.8 Å². The highest BCUT2D eigenvalue weighted by atomic mass is 32.2. The number of hydrogen-bond donors (Lipinski definition) is 1. The number of carbonyl (C=O) groups excluding carboxylic acids is 2. The Labute approximate surface area is 140 Å². The van der Waals surface area contributed by atoms with E-state index in [1.54, 1.807) is 17.2 Å². The molecule has 0 unspecified atom stereocenters. The van der Waals surface area contributed by atoms with Crippen LogP contribution < -0.4 is 5.32 Å². The van der Waals surface area contributed by atoms with Crippen molar-refractivity contribution in [3.05, 3.63) is 23.9 Å². The van der Waals surface area contributed by atoms with E-state index < -0.39 is 22.6 Å². The first-order valence-corrected chi connectivity index (χ1v) is 9.41. The van der Waals surface area contributed by atoms with Crippen molar-refractivity contribution >= 4 is 27.7 Å². The second kappa shape index (κ2) is 6.39. The zero-order valence-electron chi connectivity index (χ0n) is 13.3. The molecule has 8 nitrogen and oxygen atoms in total. The number of amidine groups is 1. The topological polar surface area (TPSA) is 105 Å². The highest BCUT2D eigenvalue weighted by Crippen LogP contribution is 2.32. The number of fused-ring (bicyclic) bond motifs is 1. The Morgan fingerprint density at radius 3 is 2.92 bits per heavy atom. The average molecular weight is 353 g/mol. The normalized spacial score (nSPS) is 22.8. The van der Waals surface area contributed by atoms with Gasteiger partial charge in [0.25, 0.3) is 15.9 Å². The summed E-state index contributed by atoms with van der Waals surface area (Å²) in [5.41, 5.74) is 0.0313. The molecule has 2 heterocycles. The summed E-state index contributed by atoms with van der Waals surface area (Å²) >= 11 is 0. The Hall–Kier alpha value is -2.16. The molecule has 0 aromatic rings. The summed E-state index contributed by atoms with van der Waals surface area (Å²) in [5, 5.41) is 2.78. The predicted octanol–water partition coefficient (Wildman–Crippen LogP) is -0.0581. The van der Waals surface area contributed by atoms with Crippen LogP contribution in [-0.2, 0) is 24.3 Å². The van der Waals surface area contributed by atoms with Crippen LogP contribution in [0.3, 0.4) is 0 Å². The number of nitrogens with one attached hydrogen (secondary N) is 1. The summed E-state index contributed by atoms with van der Waals surface area (Å²) in [6.45, 7) is 1.74. The van der Waals surface area contributed by atoms with Crippen molar-refractivity contribution in [2.75, 3.05) is 18.9 Å². The second-order valence-corrected chi connectivity index (χ2v) is 7.84. The number of ether oxygens (including phenoxy) is 1. The van der Waals surface area contributed by atoms with E-state index in [0.29, 0.717) is 5.92 Å². The quantitative estimate of drug-likeness (QED) is 0.695. The van der Waals surface area contributed by atoms with Crippen LogP contribution in [0.15, 0.2) is 28.3 Å². The third-order valence-electron chi connectivity index (χ3n) is 4.13. The van der Waals surface area contributed by atoms with Crippen LogP contribution in [0.5, 0.6) is 0 Å². The predicted molar refractivity (Wildman–Crippen MR) is 86.4 cm³/mol. The number of allylic oxidation sites excluding steroid dienone is 2. The number of carbonyl (C=O) groups is 2. The number of hydrogen-bond acceptors (Lipinski definition) is 6. The lowest BCUT2D eigenvalue weighted by Gasteiger charge is -2.28. The lowest BCUT2D eigenvalue weighted by molar-refractivity contribution is -0.144. The van der Waals surface area contributed by atoms with Gasteiger partial charge in [-0.1, -0.05) is 0 Å². The van der Waals surface area contributed by atoms with Gasteiger partial charge >= 0.3 is 5.97 Å². The lowest BCUT2D eigenvalue weighted by Crippen LogP contribution is -2.41. The second-order valence-electron chi connectivity index (χ2n) is 6.09. The Balaban J connectivity index is 1.61. The molecule has 1 aliphatic carbocycles. The van der Waals surface area contributed by atoms with E-state index in [0.717, 1.165) is 12.8 Å². The molecule has 3 aliphatic rings. The van der Waals surface area contributed by atoms with Crippen molar-refractivity contribution in [1.29, 1.82) is 0 Å². The summed E-state index contributed by atoms with van der Waals surface area (Å²) < 4.78 is 31.9. The van der Waals surface area contributed by atoms with Gasteiger partial charge in [0.15, 0.2) is 12.4 Å². The van der Waals surface area contributed by atoms with Crippen molar-refractivity contribution in [3.63, 3.8) is 0 Å². The van der Waals surface area contributed by atoms with Gasteiger partial charge in [-0.2, -0.15) is 0 Å². The molecule has 1 atom stereocenters. The van der Waals surface area contributed by atoms with Gasteiger partial charge in [-0.25, -0.2) is 13.2 Å². The third kappa shape index (κ3) is 3.84. The largest absolute Gasteiger partial charge is 0.452 e. The van der Waals surface area contributed by atoms with Crippen molar-refractivity contribution < 1.29 is 22.7 Å². The maximum atomic E-state index is 12.2. The fourth-order valence-electron chi connectivity index (χ4n) is 2.59. The van der Waals surface area contributed by atoms with Gasteiger partial charge in [-0.15, -0.1) is 4.40 Å². The maximum Gasteiger partial charge on any atom is 0.342 e. The zero-order chi connectivity index (χ0) is 17.3. The highest BCUT2D eigenvalue weighted by molar-refractivity contribution is 7.90. The van der Waals surface area contributed by atoms with Crippen molar-refractivity contribution in [2.45, 2.75) is 25.8 Å². The van der Waals surface area contributed by atoms with E-state index in [1.807, 2.05) is 6.92 Å². The van der Waals surface area contributed by atoms with E-state index in [2.05, 4.69) is 9.71 Å². The van der Waals surface area contributed by atoms with Crippen molar-refractivity contribution in [3.8, 4) is 0 Å².